The maximum absolute atomic E-state index is 13.1. The average Bonchev–Trinajstić information content (AvgIpc) is 2.87. The van der Waals surface area contributed by atoms with Gasteiger partial charge in [0, 0.05) is 17.3 Å². The van der Waals surface area contributed by atoms with Crippen molar-refractivity contribution in [2.45, 2.75) is 11.8 Å². The summed E-state index contributed by atoms with van der Waals surface area (Å²) in [6, 6.07) is 17.6. The van der Waals surface area contributed by atoms with Crippen molar-refractivity contribution in [3.63, 3.8) is 0 Å². The second kappa shape index (κ2) is 11.1. The van der Waals surface area contributed by atoms with E-state index in [0.717, 1.165) is 0 Å². The van der Waals surface area contributed by atoms with E-state index in [9.17, 15) is 23.3 Å². The molecular weight excluding hydrogens is 555 g/mol. The highest BCUT2D eigenvalue weighted by Gasteiger charge is 2.23. The third-order valence-electron chi connectivity index (χ3n) is 5.10. The largest absolute Gasteiger partial charge is 0.456 e. The minimum absolute atomic E-state index is 0.0990. The number of aromatic nitrogens is 1. The fourth-order valence-electron chi connectivity index (χ4n) is 3.30. The number of pyridine rings is 1. The summed E-state index contributed by atoms with van der Waals surface area (Å²) in [5.41, 5.74) is -0.162. The molecule has 194 valence electrons. The van der Waals surface area contributed by atoms with Crippen LogP contribution in [0.25, 0.3) is 0 Å². The number of halogens is 2. The minimum atomic E-state index is -4.16. The second-order valence-electron chi connectivity index (χ2n) is 7.89. The predicted octanol–water partition coefficient (Wildman–Crippen LogP) is 6.45. The number of benzene rings is 3. The lowest BCUT2D eigenvalue weighted by Gasteiger charge is -2.14. The number of rotatable bonds is 8. The van der Waals surface area contributed by atoms with Gasteiger partial charge in [0.1, 0.15) is 11.5 Å². The van der Waals surface area contributed by atoms with Crippen molar-refractivity contribution < 1.29 is 22.9 Å². The Morgan fingerprint density at radius 2 is 1.74 bits per heavy atom. The maximum Gasteiger partial charge on any atom is 0.312 e. The third kappa shape index (κ3) is 6.20. The molecule has 0 fully saturated rings. The number of amides is 1. The molecule has 0 radical (unpaired) electrons. The Hall–Kier alpha value is -4.19. The van der Waals surface area contributed by atoms with Crippen LogP contribution in [0.5, 0.6) is 11.5 Å². The summed E-state index contributed by atoms with van der Waals surface area (Å²) in [7, 11) is -4.16. The predicted molar refractivity (Wildman–Crippen MR) is 144 cm³/mol. The summed E-state index contributed by atoms with van der Waals surface area (Å²) >= 11 is 12.1. The number of carbonyl (C=O) groups is 1. The van der Waals surface area contributed by atoms with Crippen LogP contribution in [0.15, 0.2) is 83.9 Å². The van der Waals surface area contributed by atoms with Crippen LogP contribution in [-0.4, -0.2) is 24.2 Å². The van der Waals surface area contributed by atoms with E-state index in [1.807, 2.05) is 0 Å². The SMILES string of the molecule is Cc1cnc(NC(=O)c2cc(Cl)ccc2NS(=O)(=O)c2ccc(Oc3ccccc3Cl)cc2)c([N+](=O)[O-])c1. The van der Waals surface area contributed by atoms with E-state index in [-0.39, 0.29) is 27.0 Å². The van der Waals surface area contributed by atoms with Crippen LogP contribution < -0.4 is 14.8 Å². The Balaban J connectivity index is 1.58. The van der Waals surface area contributed by atoms with Gasteiger partial charge in [-0.25, -0.2) is 13.4 Å². The second-order valence-corrected chi connectivity index (χ2v) is 10.4. The average molecular weight is 573 g/mol. The number of nitro groups is 1. The molecule has 2 N–H and O–H groups in total. The summed E-state index contributed by atoms with van der Waals surface area (Å²) < 4.78 is 34.2. The van der Waals surface area contributed by atoms with E-state index in [1.54, 1.807) is 31.2 Å². The van der Waals surface area contributed by atoms with E-state index < -0.39 is 26.5 Å². The molecule has 0 spiro atoms. The summed E-state index contributed by atoms with van der Waals surface area (Å²) in [6.45, 7) is 1.62. The molecule has 0 saturated heterocycles. The van der Waals surface area contributed by atoms with Gasteiger partial charge < -0.3 is 10.1 Å². The number of anilines is 2. The first-order valence-electron chi connectivity index (χ1n) is 10.8. The molecular formula is C25H18Cl2N4O6S. The minimum Gasteiger partial charge on any atom is -0.456 e. The number of para-hydroxylation sites is 1. The first kappa shape index (κ1) is 26.9. The topological polar surface area (TPSA) is 141 Å². The molecule has 0 aliphatic rings. The number of sulfonamides is 1. The first-order chi connectivity index (χ1) is 18.0. The van der Waals surface area contributed by atoms with Crippen LogP contribution in [0.4, 0.5) is 17.2 Å². The van der Waals surface area contributed by atoms with Gasteiger partial charge in [-0.05, 0) is 67.1 Å². The van der Waals surface area contributed by atoms with Gasteiger partial charge >= 0.3 is 5.69 Å². The Kier molecular flexibility index (Phi) is 7.81. The number of ether oxygens (including phenoxy) is 1. The smallest absolute Gasteiger partial charge is 0.312 e. The summed E-state index contributed by atoms with van der Waals surface area (Å²) in [5, 5.41) is 14.3. The van der Waals surface area contributed by atoms with Gasteiger partial charge in [0.15, 0.2) is 0 Å². The standard InChI is InChI=1S/C25H18Cl2N4O6S/c1-15-12-22(31(33)34)24(28-14-15)29-25(32)19-13-16(26)6-11-21(19)30-38(35,36)18-9-7-17(8-10-18)37-23-5-3-2-4-20(23)27/h2-14,30H,1H3,(H,28,29,32). The molecule has 10 nitrogen and oxygen atoms in total. The highest BCUT2D eigenvalue weighted by molar-refractivity contribution is 7.92. The summed E-state index contributed by atoms with van der Waals surface area (Å²) in [4.78, 5) is 27.5. The number of hydrogen-bond acceptors (Lipinski definition) is 7. The maximum atomic E-state index is 13.1. The molecule has 0 bridgehead atoms. The monoisotopic (exact) mass is 572 g/mol. The zero-order chi connectivity index (χ0) is 27.4. The van der Waals surface area contributed by atoms with Gasteiger partial charge in [0.05, 0.1) is 26.1 Å². The molecule has 3 aromatic carbocycles. The van der Waals surface area contributed by atoms with Crippen LogP contribution in [0, 0.1) is 17.0 Å². The van der Waals surface area contributed by atoms with Crippen LogP contribution in [0.3, 0.4) is 0 Å². The number of hydrogen-bond donors (Lipinski definition) is 2. The van der Waals surface area contributed by atoms with E-state index in [4.69, 9.17) is 27.9 Å². The molecule has 0 unspecified atom stereocenters. The summed E-state index contributed by atoms with van der Waals surface area (Å²) in [6.07, 6.45) is 1.35. The normalized spacial score (nSPS) is 11.0. The van der Waals surface area contributed by atoms with Crippen molar-refractivity contribution >= 4 is 56.3 Å². The number of nitrogens with one attached hydrogen (secondary N) is 2. The van der Waals surface area contributed by atoms with E-state index in [0.29, 0.717) is 22.1 Å². The van der Waals surface area contributed by atoms with Crippen molar-refractivity contribution in [3.05, 3.63) is 110 Å². The van der Waals surface area contributed by atoms with Gasteiger partial charge in [-0.2, -0.15) is 0 Å². The van der Waals surface area contributed by atoms with Gasteiger partial charge in [-0.1, -0.05) is 35.3 Å². The molecule has 1 heterocycles. The van der Waals surface area contributed by atoms with Gasteiger partial charge in [-0.3, -0.25) is 19.6 Å². The highest BCUT2D eigenvalue weighted by atomic mass is 35.5. The molecule has 1 amide bonds. The van der Waals surface area contributed by atoms with Gasteiger partial charge in [0.25, 0.3) is 15.9 Å². The number of nitrogens with zero attached hydrogens (tertiary/aromatic N) is 2. The Morgan fingerprint density at radius 1 is 1.03 bits per heavy atom. The Labute approximate surface area is 227 Å². The molecule has 4 rings (SSSR count). The molecule has 0 aliphatic carbocycles. The first-order valence-corrected chi connectivity index (χ1v) is 13.0. The lowest BCUT2D eigenvalue weighted by atomic mass is 10.1. The third-order valence-corrected chi connectivity index (χ3v) is 7.03. The quantitative estimate of drug-likeness (QED) is 0.182. The molecule has 0 atom stereocenters. The van der Waals surface area contributed by atoms with Gasteiger partial charge in [-0.15, -0.1) is 0 Å². The van der Waals surface area contributed by atoms with E-state index in [2.05, 4.69) is 15.0 Å². The summed E-state index contributed by atoms with van der Waals surface area (Å²) in [5.74, 6) is -0.388. The van der Waals surface area contributed by atoms with Crippen LogP contribution in [0.1, 0.15) is 15.9 Å². The lowest BCUT2D eigenvalue weighted by Crippen LogP contribution is -2.19. The lowest BCUT2D eigenvalue weighted by molar-refractivity contribution is -0.384. The van der Waals surface area contributed by atoms with Crippen molar-refractivity contribution in [2.75, 3.05) is 10.0 Å². The van der Waals surface area contributed by atoms with Crippen molar-refractivity contribution in [2.24, 2.45) is 0 Å². The molecule has 38 heavy (non-hydrogen) atoms. The molecule has 4 aromatic rings. The molecule has 13 heteroatoms. The van der Waals surface area contributed by atoms with E-state index in [1.165, 1.54) is 54.7 Å². The van der Waals surface area contributed by atoms with Crippen molar-refractivity contribution in [1.29, 1.82) is 0 Å². The number of carbonyl (C=O) groups excluding carboxylic acids is 1. The molecule has 1 aromatic heterocycles. The van der Waals surface area contributed by atoms with Crippen molar-refractivity contribution in [1.82, 2.24) is 4.98 Å². The van der Waals surface area contributed by atoms with Crippen molar-refractivity contribution in [3.8, 4) is 11.5 Å². The molecule has 0 saturated carbocycles. The fraction of sp³-hybridized carbons (Fsp3) is 0.0400. The highest BCUT2D eigenvalue weighted by Crippen LogP contribution is 2.31. The Bertz CT molecular complexity index is 1650. The zero-order valence-electron chi connectivity index (χ0n) is 19.5. The number of aryl methyl sites for hydroxylation is 1. The van der Waals surface area contributed by atoms with Crippen LogP contribution >= 0.6 is 23.2 Å². The van der Waals surface area contributed by atoms with Crippen LogP contribution in [-0.2, 0) is 10.0 Å². The van der Waals surface area contributed by atoms with Crippen LogP contribution in [0.2, 0.25) is 10.0 Å². The fourth-order valence-corrected chi connectivity index (χ4v) is 4.73. The van der Waals surface area contributed by atoms with Gasteiger partial charge in [0.2, 0.25) is 5.82 Å². The molecule has 0 aliphatic heterocycles. The Morgan fingerprint density at radius 3 is 2.42 bits per heavy atom. The van der Waals surface area contributed by atoms with E-state index >= 15 is 0 Å². The zero-order valence-corrected chi connectivity index (χ0v) is 21.8.